The highest BCUT2D eigenvalue weighted by Crippen LogP contribution is 2.35. The van der Waals surface area contributed by atoms with Gasteiger partial charge in [0.2, 0.25) is 5.91 Å². The number of amides is 1. The SMILES string of the molecule is CNC(=O)[C@H](N[C@H](CCc1ccc(Cl)cn1)c1ccc(OC(F)F)c(OC(F)F)c1)c1ccccc1. The Morgan fingerprint density at radius 2 is 1.64 bits per heavy atom. The number of aromatic nitrogens is 1. The Balaban J connectivity index is 1.97. The van der Waals surface area contributed by atoms with Gasteiger partial charge in [-0.15, -0.1) is 0 Å². The lowest BCUT2D eigenvalue weighted by Crippen LogP contribution is -2.38. The number of likely N-dealkylation sites (N-methyl/N-ethyl adjacent to an activating group) is 1. The average molecular weight is 526 g/mol. The van der Waals surface area contributed by atoms with E-state index in [0.29, 0.717) is 34.7 Å². The Labute approximate surface area is 210 Å². The predicted octanol–water partition coefficient (Wildman–Crippen LogP) is 5.69. The molecule has 0 unspecified atom stereocenters. The van der Waals surface area contributed by atoms with Crippen LogP contribution in [0.3, 0.4) is 0 Å². The standard InChI is InChI=1S/C25H24ClF4N3O3/c1-31-23(34)22(15-5-3-2-4-6-15)33-19(11-10-18-9-8-17(26)14-32-18)16-7-12-20(35-24(27)28)21(13-16)36-25(29)30/h2-9,12-14,19,22,24-25,33H,10-11H2,1H3,(H,31,34)/t19-,22-/m1/s1. The normalized spacial score (nSPS) is 12.9. The monoisotopic (exact) mass is 525 g/mol. The molecule has 192 valence electrons. The first kappa shape index (κ1) is 27.2. The van der Waals surface area contributed by atoms with Crippen molar-refractivity contribution in [2.75, 3.05) is 7.05 Å². The van der Waals surface area contributed by atoms with Crippen molar-refractivity contribution in [1.29, 1.82) is 0 Å². The van der Waals surface area contributed by atoms with E-state index in [4.69, 9.17) is 11.6 Å². The number of aryl methyl sites for hydroxylation is 1. The van der Waals surface area contributed by atoms with Gasteiger partial charge < -0.3 is 14.8 Å². The number of hydrogen-bond acceptors (Lipinski definition) is 5. The number of nitrogens with zero attached hydrogens (tertiary/aromatic N) is 1. The second-order valence-electron chi connectivity index (χ2n) is 7.65. The summed E-state index contributed by atoms with van der Waals surface area (Å²) < 4.78 is 60.3. The molecule has 0 radical (unpaired) electrons. The van der Waals surface area contributed by atoms with Crippen LogP contribution in [0.15, 0.2) is 66.9 Å². The second kappa shape index (κ2) is 13.1. The number of hydrogen-bond donors (Lipinski definition) is 2. The van der Waals surface area contributed by atoms with Gasteiger partial charge in [-0.25, -0.2) is 0 Å². The molecule has 1 aromatic heterocycles. The highest BCUT2D eigenvalue weighted by atomic mass is 35.5. The van der Waals surface area contributed by atoms with Gasteiger partial charge in [-0.05, 0) is 48.2 Å². The summed E-state index contributed by atoms with van der Waals surface area (Å²) >= 11 is 5.91. The van der Waals surface area contributed by atoms with Crippen LogP contribution in [0.4, 0.5) is 17.6 Å². The van der Waals surface area contributed by atoms with Gasteiger partial charge in [-0.3, -0.25) is 15.1 Å². The summed E-state index contributed by atoms with van der Waals surface area (Å²) in [5.74, 6) is -1.40. The molecule has 0 bridgehead atoms. The van der Waals surface area contributed by atoms with Gasteiger partial charge in [0, 0.05) is 25.0 Å². The first-order valence-electron chi connectivity index (χ1n) is 10.9. The second-order valence-corrected chi connectivity index (χ2v) is 8.08. The van der Waals surface area contributed by atoms with Gasteiger partial charge in [-0.2, -0.15) is 17.6 Å². The third-order valence-electron chi connectivity index (χ3n) is 5.29. The van der Waals surface area contributed by atoms with E-state index in [1.54, 1.807) is 36.4 Å². The Kier molecular flexibility index (Phi) is 9.89. The van der Waals surface area contributed by atoms with E-state index in [1.807, 2.05) is 6.07 Å². The molecule has 3 aromatic rings. The highest BCUT2D eigenvalue weighted by molar-refractivity contribution is 6.30. The van der Waals surface area contributed by atoms with Crippen molar-refractivity contribution in [1.82, 2.24) is 15.6 Å². The summed E-state index contributed by atoms with van der Waals surface area (Å²) in [6, 6.07) is 14.8. The molecule has 0 aliphatic heterocycles. The van der Waals surface area contributed by atoms with Gasteiger partial charge in [0.05, 0.1) is 5.02 Å². The largest absolute Gasteiger partial charge is 0.431 e. The molecule has 0 spiro atoms. The molecule has 2 aromatic carbocycles. The number of benzene rings is 2. The Morgan fingerprint density at radius 3 is 2.25 bits per heavy atom. The van der Waals surface area contributed by atoms with Crippen LogP contribution in [0.2, 0.25) is 5.02 Å². The first-order valence-corrected chi connectivity index (χ1v) is 11.3. The molecular weight excluding hydrogens is 502 g/mol. The third kappa shape index (κ3) is 7.82. The molecule has 0 fully saturated rings. The molecule has 2 N–H and O–H groups in total. The molecule has 1 heterocycles. The van der Waals surface area contributed by atoms with Gasteiger partial charge in [0.25, 0.3) is 0 Å². The smallest absolute Gasteiger partial charge is 0.387 e. The average Bonchev–Trinajstić information content (AvgIpc) is 2.86. The van der Waals surface area contributed by atoms with Crippen LogP contribution < -0.4 is 20.1 Å². The van der Waals surface area contributed by atoms with E-state index in [0.717, 1.165) is 6.07 Å². The van der Waals surface area contributed by atoms with Crippen LogP contribution in [0.5, 0.6) is 11.5 Å². The molecule has 1 amide bonds. The predicted molar refractivity (Wildman–Crippen MR) is 126 cm³/mol. The third-order valence-corrected chi connectivity index (χ3v) is 5.51. The van der Waals surface area contributed by atoms with Gasteiger partial charge >= 0.3 is 13.2 Å². The van der Waals surface area contributed by atoms with Crippen molar-refractivity contribution < 1.29 is 31.8 Å². The Hall–Kier alpha value is -3.37. The molecule has 0 aliphatic rings. The molecule has 6 nitrogen and oxygen atoms in total. The number of halogens is 5. The minimum absolute atomic E-state index is 0.322. The maximum atomic E-state index is 13.0. The van der Waals surface area contributed by atoms with Crippen LogP contribution in [0.25, 0.3) is 0 Å². The van der Waals surface area contributed by atoms with Crippen molar-refractivity contribution in [3.63, 3.8) is 0 Å². The summed E-state index contributed by atoms with van der Waals surface area (Å²) in [5, 5.41) is 6.35. The Morgan fingerprint density at radius 1 is 0.944 bits per heavy atom. The fourth-order valence-corrected chi connectivity index (χ4v) is 3.74. The first-order chi connectivity index (χ1) is 17.3. The number of pyridine rings is 1. The van der Waals surface area contributed by atoms with Gasteiger partial charge in [0.15, 0.2) is 11.5 Å². The molecular formula is C25H24ClF4N3O3. The van der Waals surface area contributed by atoms with E-state index in [1.165, 1.54) is 25.4 Å². The summed E-state index contributed by atoms with van der Waals surface area (Å²) in [5.41, 5.74) is 1.81. The summed E-state index contributed by atoms with van der Waals surface area (Å²) in [6.45, 7) is -6.48. The Bertz CT molecular complexity index is 1120. The van der Waals surface area contributed by atoms with Crippen LogP contribution in [-0.4, -0.2) is 31.2 Å². The minimum Gasteiger partial charge on any atom is -0.431 e. The van der Waals surface area contributed by atoms with Crippen molar-refractivity contribution in [2.24, 2.45) is 0 Å². The number of alkyl halides is 4. The van der Waals surface area contributed by atoms with Crippen molar-refractivity contribution >= 4 is 17.5 Å². The van der Waals surface area contributed by atoms with Gasteiger partial charge in [0.1, 0.15) is 6.04 Å². The summed E-state index contributed by atoms with van der Waals surface area (Å²) in [4.78, 5) is 17.0. The molecule has 0 aliphatic carbocycles. The maximum absolute atomic E-state index is 13.0. The lowest BCUT2D eigenvalue weighted by atomic mass is 9.97. The quantitative estimate of drug-likeness (QED) is 0.297. The van der Waals surface area contributed by atoms with E-state index < -0.39 is 36.8 Å². The zero-order valence-electron chi connectivity index (χ0n) is 19.1. The maximum Gasteiger partial charge on any atom is 0.387 e. The number of rotatable bonds is 12. The summed E-state index contributed by atoms with van der Waals surface area (Å²) in [6.07, 6.45) is 2.31. The fraction of sp³-hybridized carbons (Fsp3) is 0.280. The number of carbonyl (C=O) groups excluding carboxylic acids is 1. The molecule has 0 saturated carbocycles. The van der Waals surface area contributed by atoms with E-state index in [-0.39, 0.29) is 5.91 Å². The van der Waals surface area contributed by atoms with Crippen molar-refractivity contribution in [3.05, 3.63) is 88.7 Å². The molecule has 2 atom stereocenters. The lowest BCUT2D eigenvalue weighted by molar-refractivity contribution is -0.123. The van der Waals surface area contributed by atoms with E-state index in [2.05, 4.69) is 25.1 Å². The zero-order valence-corrected chi connectivity index (χ0v) is 19.9. The van der Waals surface area contributed by atoms with Crippen LogP contribution >= 0.6 is 11.6 Å². The number of carbonyl (C=O) groups is 1. The van der Waals surface area contributed by atoms with E-state index >= 15 is 0 Å². The van der Waals surface area contributed by atoms with Crippen LogP contribution in [-0.2, 0) is 11.2 Å². The van der Waals surface area contributed by atoms with Crippen molar-refractivity contribution in [3.8, 4) is 11.5 Å². The number of nitrogens with one attached hydrogen (secondary N) is 2. The topological polar surface area (TPSA) is 72.5 Å². The number of ether oxygens (including phenoxy) is 2. The van der Waals surface area contributed by atoms with Gasteiger partial charge in [-0.1, -0.05) is 48.0 Å². The van der Waals surface area contributed by atoms with Crippen molar-refractivity contribution in [2.45, 2.75) is 38.1 Å². The minimum atomic E-state index is -3.26. The summed E-state index contributed by atoms with van der Waals surface area (Å²) in [7, 11) is 1.50. The van der Waals surface area contributed by atoms with E-state index in [9.17, 15) is 22.4 Å². The van der Waals surface area contributed by atoms with Crippen LogP contribution in [0.1, 0.15) is 35.3 Å². The molecule has 36 heavy (non-hydrogen) atoms. The molecule has 11 heteroatoms. The zero-order chi connectivity index (χ0) is 26.1. The molecule has 3 rings (SSSR count). The van der Waals surface area contributed by atoms with Crippen LogP contribution in [0, 0.1) is 0 Å². The molecule has 0 saturated heterocycles. The fourth-order valence-electron chi connectivity index (χ4n) is 3.63. The lowest BCUT2D eigenvalue weighted by Gasteiger charge is -2.26. The highest BCUT2D eigenvalue weighted by Gasteiger charge is 2.26.